The molecule has 0 fully saturated rings. The summed E-state index contributed by atoms with van der Waals surface area (Å²) in [5.41, 5.74) is 1.72. The molecule has 0 atom stereocenters. The molecule has 4 heteroatoms. The van der Waals surface area contributed by atoms with E-state index >= 15 is 0 Å². The molecule has 104 valence electrons. The summed E-state index contributed by atoms with van der Waals surface area (Å²) in [5.74, 6) is 0.641. The summed E-state index contributed by atoms with van der Waals surface area (Å²) < 4.78 is 6.44. The normalized spacial score (nSPS) is 10.1. The van der Waals surface area contributed by atoms with Gasteiger partial charge in [-0.2, -0.15) is 0 Å². The van der Waals surface area contributed by atoms with Crippen LogP contribution >= 0.6 is 15.9 Å². The Labute approximate surface area is 127 Å². The van der Waals surface area contributed by atoms with Crippen molar-refractivity contribution in [3.8, 4) is 5.75 Å². The molecule has 0 heterocycles. The fraction of sp³-hybridized carbons (Fsp3) is 0.188. The molecule has 0 saturated carbocycles. The Morgan fingerprint density at radius 1 is 1.20 bits per heavy atom. The standard InChI is InChI=1S/C16H16BrNO2/c1-2-18-16(19)14-9-8-13(10-15(14)17)20-11-12-6-4-3-5-7-12/h3-10H,2,11H2,1H3,(H,18,19). The Balaban J connectivity index is 2.04. The van der Waals surface area contributed by atoms with Gasteiger partial charge < -0.3 is 10.1 Å². The predicted octanol–water partition coefficient (Wildman–Crippen LogP) is 3.78. The van der Waals surface area contributed by atoms with E-state index < -0.39 is 0 Å². The minimum atomic E-state index is -0.0889. The summed E-state index contributed by atoms with van der Waals surface area (Å²) in [7, 11) is 0. The van der Waals surface area contributed by atoms with Gasteiger partial charge in [0, 0.05) is 11.0 Å². The highest BCUT2D eigenvalue weighted by molar-refractivity contribution is 9.10. The van der Waals surface area contributed by atoms with Crippen LogP contribution < -0.4 is 10.1 Å². The minimum Gasteiger partial charge on any atom is -0.489 e. The third-order valence-corrected chi connectivity index (χ3v) is 3.43. The smallest absolute Gasteiger partial charge is 0.252 e. The summed E-state index contributed by atoms with van der Waals surface area (Å²) in [4.78, 5) is 11.8. The van der Waals surface area contributed by atoms with Crippen molar-refractivity contribution in [2.45, 2.75) is 13.5 Å². The molecule has 0 aliphatic carbocycles. The first-order chi connectivity index (χ1) is 9.70. The van der Waals surface area contributed by atoms with Crippen molar-refractivity contribution in [3.05, 3.63) is 64.1 Å². The maximum Gasteiger partial charge on any atom is 0.252 e. The Hall–Kier alpha value is -1.81. The zero-order valence-electron chi connectivity index (χ0n) is 11.2. The molecule has 0 unspecified atom stereocenters. The van der Waals surface area contributed by atoms with Crippen molar-refractivity contribution in [1.82, 2.24) is 5.32 Å². The second kappa shape index (κ2) is 7.10. The van der Waals surface area contributed by atoms with E-state index in [4.69, 9.17) is 4.74 Å². The first-order valence-electron chi connectivity index (χ1n) is 6.45. The Morgan fingerprint density at radius 3 is 2.60 bits per heavy atom. The van der Waals surface area contributed by atoms with Crippen LogP contribution in [-0.4, -0.2) is 12.5 Å². The Kier molecular flexibility index (Phi) is 5.18. The number of ether oxygens (including phenoxy) is 1. The van der Waals surface area contributed by atoms with E-state index in [2.05, 4.69) is 21.2 Å². The van der Waals surface area contributed by atoms with Gasteiger partial charge in [0.25, 0.3) is 5.91 Å². The second-order valence-corrected chi connectivity index (χ2v) is 5.13. The molecule has 2 rings (SSSR count). The van der Waals surface area contributed by atoms with E-state index in [-0.39, 0.29) is 5.91 Å². The molecule has 0 aromatic heterocycles. The van der Waals surface area contributed by atoms with Gasteiger partial charge in [-0.25, -0.2) is 0 Å². The summed E-state index contributed by atoms with van der Waals surface area (Å²) in [6.07, 6.45) is 0. The van der Waals surface area contributed by atoms with Crippen molar-refractivity contribution >= 4 is 21.8 Å². The highest BCUT2D eigenvalue weighted by atomic mass is 79.9. The maximum atomic E-state index is 11.8. The quantitative estimate of drug-likeness (QED) is 0.904. The number of amides is 1. The lowest BCUT2D eigenvalue weighted by Crippen LogP contribution is -2.22. The van der Waals surface area contributed by atoms with Crippen LogP contribution in [0.2, 0.25) is 0 Å². The summed E-state index contributed by atoms with van der Waals surface area (Å²) in [5, 5.41) is 2.77. The highest BCUT2D eigenvalue weighted by Gasteiger charge is 2.09. The average molecular weight is 334 g/mol. The maximum absolute atomic E-state index is 11.8. The Bertz CT molecular complexity index is 584. The van der Waals surface area contributed by atoms with Crippen molar-refractivity contribution in [2.75, 3.05) is 6.54 Å². The van der Waals surface area contributed by atoms with Gasteiger partial charge in [0.1, 0.15) is 12.4 Å². The monoisotopic (exact) mass is 333 g/mol. The van der Waals surface area contributed by atoms with E-state index in [1.807, 2.05) is 43.3 Å². The number of nitrogens with one attached hydrogen (secondary N) is 1. The minimum absolute atomic E-state index is 0.0889. The third kappa shape index (κ3) is 3.84. The predicted molar refractivity (Wildman–Crippen MR) is 82.9 cm³/mol. The van der Waals surface area contributed by atoms with Crippen molar-refractivity contribution in [3.63, 3.8) is 0 Å². The van der Waals surface area contributed by atoms with E-state index in [1.165, 1.54) is 0 Å². The number of carbonyl (C=O) groups excluding carboxylic acids is 1. The number of rotatable bonds is 5. The molecule has 0 saturated heterocycles. The van der Waals surface area contributed by atoms with Crippen molar-refractivity contribution in [1.29, 1.82) is 0 Å². The topological polar surface area (TPSA) is 38.3 Å². The molecular weight excluding hydrogens is 318 g/mol. The highest BCUT2D eigenvalue weighted by Crippen LogP contribution is 2.23. The lowest BCUT2D eigenvalue weighted by atomic mass is 10.2. The molecule has 0 radical (unpaired) electrons. The molecular formula is C16H16BrNO2. The molecule has 2 aromatic carbocycles. The van der Waals surface area contributed by atoms with Crippen LogP contribution in [0.4, 0.5) is 0 Å². The zero-order chi connectivity index (χ0) is 14.4. The summed E-state index contributed by atoms with van der Waals surface area (Å²) in [6.45, 7) is 3.01. The van der Waals surface area contributed by atoms with Gasteiger partial charge in [0.05, 0.1) is 5.56 Å². The van der Waals surface area contributed by atoms with Crippen LogP contribution in [0.25, 0.3) is 0 Å². The van der Waals surface area contributed by atoms with Gasteiger partial charge in [-0.3, -0.25) is 4.79 Å². The van der Waals surface area contributed by atoms with E-state index in [1.54, 1.807) is 12.1 Å². The van der Waals surface area contributed by atoms with Gasteiger partial charge in [-0.1, -0.05) is 30.3 Å². The van der Waals surface area contributed by atoms with Crippen molar-refractivity contribution in [2.24, 2.45) is 0 Å². The molecule has 0 bridgehead atoms. The van der Waals surface area contributed by atoms with Gasteiger partial charge in [0.15, 0.2) is 0 Å². The van der Waals surface area contributed by atoms with Crippen LogP contribution in [0.15, 0.2) is 53.0 Å². The van der Waals surface area contributed by atoms with Gasteiger partial charge in [-0.15, -0.1) is 0 Å². The zero-order valence-corrected chi connectivity index (χ0v) is 12.8. The first kappa shape index (κ1) is 14.6. The lowest BCUT2D eigenvalue weighted by Gasteiger charge is -2.09. The fourth-order valence-corrected chi connectivity index (χ4v) is 2.30. The van der Waals surface area contributed by atoms with Gasteiger partial charge in [-0.05, 0) is 46.6 Å². The molecule has 2 aromatic rings. The van der Waals surface area contributed by atoms with E-state index in [0.717, 1.165) is 15.8 Å². The third-order valence-electron chi connectivity index (χ3n) is 2.77. The van der Waals surface area contributed by atoms with Gasteiger partial charge >= 0.3 is 0 Å². The van der Waals surface area contributed by atoms with Crippen LogP contribution in [0.5, 0.6) is 5.75 Å². The van der Waals surface area contributed by atoms with E-state index in [0.29, 0.717) is 18.7 Å². The molecule has 20 heavy (non-hydrogen) atoms. The molecule has 0 aliphatic heterocycles. The number of benzene rings is 2. The summed E-state index contributed by atoms with van der Waals surface area (Å²) >= 11 is 3.40. The number of halogens is 1. The number of hydrogen-bond donors (Lipinski definition) is 1. The Morgan fingerprint density at radius 2 is 1.95 bits per heavy atom. The van der Waals surface area contributed by atoms with Crippen molar-refractivity contribution < 1.29 is 9.53 Å². The summed E-state index contributed by atoms with van der Waals surface area (Å²) in [6, 6.07) is 15.3. The molecule has 0 aliphatic rings. The van der Waals surface area contributed by atoms with Crippen LogP contribution in [-0.2, 0) is 6.61 Å². The molecule has 1 N–H and O–H groups in total. The number of hydrogen-bond acceptors (Lipinski definition) is 2. The van der Waals surface area contributed by atoms with E-state index in [9.17, 15) is 4.79 Å². The second-order valence-electron chi connectivity index (χ2n) is 4.28. The SMILES string of the molecule is CCNC(=O)c1ccc(OCc2ccccc2)cc1Br. The fourth-order valence-electron chi connectivity index (χ4n) is 1.77. The van der Waals surface area contributed by atoms with Crippen LogP contribution in [0.3, 0.4) is 0 Å². The molecule has 3 nitrogen and oxygen atoms in total. The first-order valence-corrected chi connectivity index (χ1v) is 7.24. The largest absolute Gasteiger partial charge is 0.489 e. The number of carbonyl (C=O) groups is 1. The van der Waals surface area contributed by atoms with Crippen LogP contribution in [0.1, 0.15) is 22.8 Å². The molecule has 0 spiro atoms. The van der Waals surface area contributed by atoms with Crippen LogP contribution in [0, 0.1) is 0 Å². The lowest BCUT2D eigenvalue weighted by molar-refractivity contribution is 0.0955. The average Bonchev–Trinajstić information content (AvgIpc) is 2.46. The molecule has 1 amide bonds. The van der Waals surface area contributed by atoms with Gasteiger partial charge in [0.2, 0.25) is 0 Å².